The van der Waals surface area contributed by atoms with Gasteiger partial charge in [0.2, 0.25) is 0 Å². The maximum absolute atomic E-state index is 12.4. The second-order valence-corrected chi connectivity index (χ2v) is 9.85. The molecule has 27 heavy (non-hydrogen) atoms. The van der Waals surface area contributed by atoms with Crippen LogP contribution in [0.4, 0.5) is 4.79 Å². The minimum atomic E-state index is -3.06. The number of benzene rings is 1. The molecule has 1 aromatic carbocycles. The number of sulfone groups is 1. The molecule has 2 aliphatic rings. The quantitative estimate of drug-likeness (QED) is 0.529. The fourth-order valence-corrected chi connectivity index (χ4v) is 5.41. The van der Waals surface area contributed by atoms with Gasteiger partial charge in [0, 0.05) is 30.7 Å². The van der Waals surface area contributed by atoms with E-state index < -0.39 is 9.84 Å². The van der Waals surface area contributed by atoms with Crippen molar-refractivity contribution in [3.8, 4) is 0 Å². The number of nitrogens with one attached hydrogen (secondary N) is 1. The van der Waals surface area contributed by atoms with Crippen molar-refractivity contribution in [2.45, 2.75) is 18.9 Å². The highest BCUT2D eigenvalue weighted by Crippen LogP contribution is 2.26. The number of rotatable bonds is 5. The number of halogens is 1. The lowest BCUT2D eigenvalue weighted by atomic mass is 10.1. The number of imide groups is 1. The Labute approximate surface area is 165 Å². The molecular weight excluding hydrogens is 438 g/mol. The molecule has 0 spiro atoms. The molecule has 1 aromatic rings. The minimum Gasteiger partial charge on any atom is -0.338 e. The van der Waals surface area contributed by atoms with Crippen LogP contribution in [0.25, 0.3) is 0 Å². The van der Waals surface area contributed by atoms with Crippen molar-refractivity contribution in [2.75, 3.05) is 31.6 Å². The van der Waals surface area contributed by atoms with Gasteiger partial charge in [-0.15, -0.1) is 0 Å². The van der Waals surface area contributed by atoms with Crippen LogP contribution < -0.4 is 5.32 Å². The monoisotopic (exact) mass is 457 g/mol. The van der Waals surface area contributed by atoms with Crippen LogP contribution in [0.5, 0.6) is 0 Å². The van der Waals surface area contributed by atoms with Gasteiger partial charge in [0.25, 0.3) is 11.8 Å². The van der Waals surface area contributed by atoms with Crippen LogP contribution in [0.3, 0.4) is 0 Å². The molecule has 0 radical (unpaired) electrons. The Hall–Kier alpha value is -1.94. The van der Waals surface area contributed by atoms with Crippen molar-refractivity contribution in [3.63, 3.8) is 0 Å². The molecule has 0 aromatic heterocycles. The Balaban J connectivity index is 1.47. The van der Waals surface area contributed by atoms with Crippen molar-refractivity contribution in [1.29, 1.82) is 0 Å². The Bertz CT molecular complexity index is 902. The molecule has 0 saturated carbocycles. The van der Waals surface area contributed by atoms with Crippen LogP contribution in [-0.4, -0.2) is 73.7 Å². The van der Waals surface area contributed by atoms with E-state index in [2.05, 4.69) is 21.2 Å². The van der Waals surface area contributed by atoms with Crippen LogP contribution >= 0.6 is 15.9 Å². The predicted octanol–water partition coefficient (Wildman–Crippen LogP) is 1.26. The Morgan fingerprint density at radius 1 is 1.30 bits per heavy atom. The van der Waals surface area contributed by atoms with Crippen molar-refractivity contribution in [3.05, 3.63) is 33.8 Å². The fourth-order valence-electron chi connectivity index (χ4n) is 3.27. The number of carbonyl (C=O) groups excluding carboxylic acids is 3. The molecule has 1 N–H and O–H groups in total. The van der Waals surface area contributed by atoms with Crippen molar-refractivity contribution >= 4 is 43.6 Å². The largest absolute Gasteiger partial charge is 0.338 e. The van der Waals surface area contributed by atoms with Gasteiger partial charge >= 0.3 is 6.03 Å². The van der Waals surface area contributed by atoms with Crippen LogP contribution in [0, 0.1) is 0 Å². The Morgan fingerprint density at radius 3 is 2.67 bits per heavy atom. The van der Waals surface area contributed by atoms with Gasteiger partial charge in [-0.2, -0.15) is 0 Å². The highest BCUT2D eigenvalue weighted by molar-refractivity contribution is 9.10. The summed E-state index contributed by atoms with van der Waals surface area (Å²) in [7, 11) is -1.49. The molecule has 1 saturated heterocycles. The average Bonchev–Trinajstić information content (AvgIpc) is 3.09. The van der Waals surface area contributed by atoms with E-state index in [9.17, 15) is 22.8 Å². The summed E-state index contributed by atoms with van der Waals surface area (Å²) < 4.78 is 23.8. The zero-order chi connectivity index (χ0) is 19.8. The molecule has 1 unspecified atom stereocenters. The smallest absolute Gasteiger partial charge is 0.317 e. The van der Waals surface area contributed by atoms with E-state index in [1.54, 1.807) is 25.2 Å². The number of hydrogen-bond donors (Lipinski definition) is 1. The van der Waals surface area contributed by atoms with Crippen molar-refractivity contribution in [1.82, 2.24) is 15.1 Å². The molecule has 1 atom stereocenters. The zero-order valence-corrected chi connectivity index (χ0v) is 17.2. The van der Waals surface area contributed by atoms with Gasteiger partial charge in [-0.1, -0.05) is 15.9 Å². The van der Waals surface area contributed by atoms with Gasteiger partial charge in [0.15, 0.2) is 9.84 Å². The van der Waals surface area contributed by atoms with Gasteiger partial charge in [-0.3, -0.25) is 14.5 Å². The molecule has 2 heterocycles. The van der Waals surface area contributed by atoms with Gasteiger partial charge in [-0.05, 0) is 31.0 Å². The summed E-state index contributed by atoms with van der Waals surface area (Å²) in [6.45, 7) is 0.478. The molecule has 0 bridgehead atoms. The minimum absolute atomic E-state index is 0.0124. The number of fused-ring (bicyclic) bond motifs is 1. The maximum atomic E-state index is 12.4. The summed E-state index contributed by atoms with van der Waals surface area (Å²) >= 11 is 3.29. The van der Waals surface area contributed by atoms with Crippen LogP contribution in [0.1, 0.15) is 33.6 Å². The topological polar surface area (TPSA) is 104 Å². The molecular formula is C17H20BrN3O5S. The lowest BCUT2D eigenvalue weighted by Gasteiger charge is -2.24. The number of nitrogens with zero attached hydrogens (tertiary/aromatic N) is 2. The van der Waals surface area contributed by atoms with Crippen LogP contribution in [0.15, 0.2) is 22.7 Å². The molecule has 146 valence electrons. The van der Waals surface area contributed by atoms with E-state index in [0.29, 0.717) is 24.0 Å². The Morgan fingerprint density at radius 2 is 2.00 bits per heavy atom. The third-order valence-corrected chi connectivity index (χ3v) is 7.09. The maximum Gasteiger partial charge on any atom is 0.317 e. The number of hydrogen-bond acceptors (Lipinski definition) is 5. The Kier molecular flexibility index (Phi) is 5.57. The third-order valence-electron chi connectivity index (χ3n) is 4.84. The van der Waals surface area contributed by atoms with E-state index in [0.717, 1.165) is 4.47 Å². The first kappa shape index (κ1) is 19.8. The van der Waals surface area contributed by atoms with E-state index in [1.807, 2.05) is 0 Å². The predicted molar refractivity (Wildman–Crippen MR) is 102 cm³/mol. The normalized spacial score (nSPS) is 20.7. The second-order valence-electron chi connectivity index (χ2n) is 6.71. The first-order chi connectivity index (χ1) is 12.7. The summed E-state index contributed by atoms with van der Waals surface area (Å²) in [6.07, 6.45) is 0.853. The molecule has 3 rings (SSSR count). The van der Waals surface area contributed by atoms with Crippen LogP contribution in [-0.2, 0) is 9.84 Å². The second kappa shape index (κ2) is 7.59. The fraction of sp³-hybridized carbons (Fsp3) is 0.471. The van der Waals surface area contributed by atoms with Gasteiger partial charge < -0.3 is 10.2 Å². The van der Waals surface area contributed by atoms with E-state index in [4.69, 9.17) is 0 Å². The zero-order valence-electron chi connectivity index (χ0n) is 14.8. The number of carbonyl (C=O) groups is 3. The SMILES string of the molecule is CN(C(=O)NCCCN1C(=O)c2ccc(Br)cc2C1=O)C1CCS(=O)(=O)C1. The summed E-state index contributed by atoms with van der Waals surface area (Å²) in [4.78, 5) is 39.4. The average molecular weight is 458 g/mol. The van der Waals surface area contributed by atoms with Gasteiger partial charge in [-0.25, -0.2) is 13.2 Å². The molecule has 2 aliphatic heterocycles. The van der Waals surface area contributed by atoms with E-state index in [-0.39, 0.29) is 48.5 Å². The third kappa shape index (κ3) is 4.16. The summed E-state index contributed by atoms with van der Waals surface area (Å²) in [5.74, 6) is -0.579. The summed E-state index contributed by atoms with van der Waals surface area (Å²) in [5.41, 5.74) is 0.759. The molecule has 4 amide bonds. The summed E-state index contributed by atoms with van der Waals surface area (Å²) in [5, 5.41) is 2.71. The molecule has 10 heteroatoms. The molecule has 0 aliphatic carbocycles. The van der Waals surface area contributed by atoms with E-state index >= 15 is 0 Å². The molecule has 8 nitrogen and oxygen atoms in total. The highest BCUT2D eigenvalue weighted by atomic mass is 79.9. The first-order valence-electron chi connectivity index (χ1n) is 8.56. The highest BCUT2D eigenvalue weighted by Gasteiger charge is 2.35. The molecule has 1 fully saturated rings. The van der Waals surface area contributed by atoms with Crippen molar-refractivity contribution < 1.29 is 22.8 Å². The lowest BCUT2D eigenvalue weighted by molar-refractivity contribution is 0.0653. The van der Waals surface area contributed by atoms with Crippen molar-refractivity contribution in [2.24, 2.45) is 0 Å². The summed E-state index contributed by atoms with van der Waals surface area (Å²) in [6, 6.07) is 4.29. The standard InChI is InChI=1S/C17H20BrN3O5S/c1-20(12-5-8-27(25,26)10-12)17(24)19-6-2-7-21-15(22)13-4-3-11(18)9-14(13)16(21)23/h3-4,9,12H,2,5-8,10H2,1H3,(H,19,24). The van der Waals surface area contributed by atoms with E-state index in [1.165, 1.54) is 9.80 Å². The first-order valence-corrected chi connectivity index (χ1v) is 11.2. The van der Waals surface area contributed by atoms with Gasteiger partial charge in [0.1, 0.15) is 0 Å². The lowest BCUT2D eigenvalue weighted by Crippen LogP contribution is -2.45. The van der Waals surface area contributed by atoms with Crippen LogP contribution in [0.2, 0.25) is 0 Å². The number of amides is 4. The number of urea groups is 1. The van der Waals surface area contributed by atoms with Gasteiger partial charge in [0.05, 0.1) is 22.6 Å².